The van der Waals surface area contributed by atoms with Crippen LogP contribution in [0.5, 0.6) is 5.75 Å². The molecule has 0 unspecified atom stereocenters. The molecule has 0 fully saturated rings. The van der Waals surface area contributed by atoms with Crippen LogP contribution >= 0.6 is 11.6 Å². The molecule has 0 aliphatic heterocycles. The fourth-order valence-electron chi connectivity index (χ4n) is 1.54. The van der Waals surface area contributed by atoms with Gasteiger partial charge in [0.1, 0.15) is 5.69 Å². The van der Waals surface area contributed by atoms with Crippen LogP contribution in [0.3, 0.4) is 0 Å². The Balaban J connectivity index is 2.63. The first-order valence-corrected chi connectivity index (χ1v) is 5.34. The molecule has 0 saturated carbocycles. The molecule has 0 radical (unpaired) electrons. The number of carboxylic acid groups (broad SMARTS) is 1. The van der Waals surface area contributed by atoms with E-state index in [0.717, 1.165) is 19.2 Å². The molecule has 5 nitrogen and oxygen atoms in total. The van der Waals surface area contributed by atoms with E-state index in [-0.39, 0.29) is 17.0 Å². The third-order valence-electron chi connectivity index (χ3n) is 2.41. The average Bonchev–Trinajstić information content (AvgIpc) is 2.85. The van der Waals surface area contributed by atoms with E-state index in [4.69, 9.17) is 21.4 Å². The maximum Gasteiger partial charge on any atom is 0.353 e. The zero-order valence-electron chi connectivity index (χ0n) is 9.50. The monoisotopic (exact) mass is 288 g/mol. The zero-order chi connectivity index (χ0) is 14.2. The van der Waals surface area contributed by atoms with Gasteiger partial charge in [-0.05, 0) is 12.1 Å². The smallest absolute Gasteiger partial charge is 0.353 e. The minimum Gasteiger partial charge on any atom is -0.493 e. The number of nitrogens with zero attached hydrogens (tertiary/aromatic N) is 1. The van der Waals surface area contributed by atoms with Gasteiger partial charge in [-0.3, -0.25) is 5.10 Å². The van der Waals surface area contributed by atoms with E-state index in [1.165, 1.54) is 0 Å². The Labute approximate surface area is 110 Å². The molecule has 2 aromatic rings. The van der Waals surface area contributed by atoms with Gasteiger partial charge in [0.2, 0.25) is 5.82 Å². The Kier molecular flexibility index (Phi) is 3.39. The third kappa shape index (κ3) is 2.24. The molecule has 0 aliphatic carbocycles. The average molecular weight is 289 g/mol. The lowest BCUT2D eigenvalue weighted by Crippen LogP contribution is -1.97. The standard InChI is InChI=1S/C11H7ClF2N2O3/c1-19-10-4(2-5(12)8(13)9(10)14)6-3-7(11(17)18)16-15-6/h2-3H,1H3,(H,15,16)(H,17,18). The number of hydrogen-bond donors (Lipinski definition) is 2. The third-order valence-corrected chi connectivity index (χ3v) is 2.68. The summed E-state index contributed by atoms with van der Waals surface area (Å²) in [4.78, 5) is 10.7. The second-order valence-corrected chi connectivity index (χ2v) is 3.95. The van der Waals surface area contributed by atoms with Crippen molar-refractivity contribution in [2.24, 2.45) is 0 Å². The van der Waals surface area contributed by atoms with Crippen molar-refractivity contribution in [2.75, 3.05) is 7.11 Å². The highest BCUT2D eigenvalue weighted by molar-refractivity contribution is 6.31. The van der Waals surface area contributed by atoms with E-state index >= 15 is 0 Å². The number of aromatic nitrogens is 2. The van der Waals surface area contributed by atoms with Gasteiger partial charge in [-0.1, -0.05) is 11.6 Å². The minimum absolute atomic E-state index is 0.0511. The van der Waals surface area contributed by atoms with Crippen molar-refractivity contribution in [3.05, 3.63) is 34.5 Å². The molecule has 0 spiro atoms. The summed E-state index contributed by atoms with van der Waals surface area (Å²) in [7, 11) is 1.15. The first-order valence-electron chi connectivity index (χ1n) is 4.96. The number of nitrogens with one attached hydrogen (secondary N) is 1. The summed E-state index contributed by atoms with van der Waals surface area (Å²) >= 11 is 5.54. The fraction of sp³-hybridized carbons (Fsp3) is 0.0909. The number of aromatic carboxylic acids is 1. The summed E-state index contributed by atoms with van der Waals surface area (Å²) in [5.41, 5.74) is -0.0666. The van der Waals surface area contributed by atoms with Crippen molar-refractivity contribution >= 4 is 17.6 Å². The van der Waals surface area contributed by atoms with Crippen LogP contribution in [-0.2, 0) is 0 Å². The van der Waals surface area contributed by atoms with Gasteiger partial charge in [-0.15, -0.1) is 0 Å². The highest BCUT2D eigenvalue weighted by Gasteiger charge is 2.21. The summed E-state index contributed by atoms with van der Waals surface area (Å²) in [5, 5.41) is 14.3. The minimum atomic E-state index is -1.26. The summed E-state index contributed by atoms with van der Waals surface area (Å²) in [5.74, 6) is -4.13. The van der Waals surface area contributed by atoms with E-state index in [1.807, 2.05) is 0 Å². The molecule has 0 atom stereocenters. The first-order chi connectivity index (χ1) is 8.95. The van der Waals surface area contributed by atoms with Gasteiger partial charge in [-0.25, -0.2) is 9.18 Å². The molecule has 0 saturated heterocycles. The quantitative estimate of drug-likeness (QED) is 0.852. The van der Waals surface area contributed by atoms with Crippen LogP contribution in [0.4, 0.5) is 8.78 Å². The van der Waals surface area contributed by atoms with Crippen LogP contribution in [0.25, 0.3) is 11.3 Å². The number of H-pyrrole nitrogens is 1. The van der Waals surface area contributed by atoms with Crippen LogP contribution in [0.15, 0.2) is 12.1 Å². The van der Waals surface area contributed by atoms with Crippen LogP contribution < -0.4 is 4.74 Å². The van der Waals surface area contributed by atoms with E-state index in [0.29, 0.717) is 0 Å². The molecule has 2 N–H and O–H groups in total. The number of benzene rings is 1. The molecule has 2 rings (SSSR count). The van der Waals surface area contributed by atoms with Crippen molar-refractivity contribution in [3.8, 4) is 17.0 Å². The highest BCUT2D eigenvalue weighted by Crippen LogP contribution is 2.36. The predicted octanol–water partition coefficient (Wildman–Crippen LogP) is 2.72. The van der Waals surface area contributed by atoms with Crippen LogP contribution in [-0.4, -0.2) is 28.4 Å². The van der Waals surface area contributed by atoms with Gasteiger partial charge >= 0.3 is 5.97 Å². The van der Waals surface area contributed by atoms with Crippen LogP contribution in [0.2, 0.25) is 5.02 Å². The lowest BCUT2D eigenvalue weighted by atomic mass is 10.1. The molecule has 8 heteroatoms. The number of hydrogen-bond acceptors (Lipinski definition) is 3. The van der Waals surface area contributed by atoms with Gasteiger partial charge in [0.25, 0.3) is 0 Å². The molecule has 19 heavy (non-hydrogen) atoms. The van der Waals surface area contributed by atoms with Gasteiger partial charge < -0.3 is 9.84 Å². The van der Waals surface area contributed by atoms with E-state index in [2.05, 4.69) is 10.2 Å². The Hall–Kier alpha value is -2.15. The topological polar surface area (TPSA) is 75.2 Å². The van der Waals surface area contributed by atoms with E-state index < -0.39 is 28.4 Å². The Morgan fingerprint density at radius 1 is 1.42 bits per heavy atom. The SMILES string of the molecule is COc1c(-c2cc(C(=O)O)[nH]n2)cc(Cl)c(F)c1F. The first kappa shape index (κ1) is 13.3. The van der Waals surface area contributed by atoms with Gasteiger partial charge in [0.05, 0.1) is 17.8 Å². The second kappa shape index (κ2) is 4.85. The molecule has 0 amide bonds. The number of halogens is 3. The summed E-state index contributed by atoms with van der Waals surface area (Å²) in [6.07, 6.45) is 0. The molecule has 100 valence electrons. The predicted molar refractivity (Wildman–Crippen MR) is 62.5 cm³/mol. The molecular weight excluding hydrogens is 282 g/mol. The highest BCUT2D eigenvalue weighted by atomic mass is 35.5. The number of carbonyl (C=O) groups is 1. The normalized spacial score (nSPS) is 10.5. The molecule has 1 heterocycles. The largest absolute Gasteiger partial charge is 0.493 e. The lowest BCUT2D eigenvalue weighted by molar-refractivity contribution is 0.0690. The number of ether oxygens (including phenoxy) is 1. The number of rotatable bonds is 3. The van der Waals surface area contributed by atoms with Crippen molar-refractivity contribution in [1.82, 2.24) is 10.2 Å². The molecule has 0 aliphatic rings. The van der Waals surface area contributed by atoms with E-state index in [1.54, 1.807) is 0 Å². The summed E-state index contributed by atoms with van der Waals surface area (Å²) in [6, 6.07) is 2.27. The zero-order valence-corrected chi connectivity index (χ0v) is 10.3. The van der Waals surface area contributed by atoms with Gasteiger partial charge in [0.15, 0.2) is 11.6 Å². The van der Waals surface area contributed by atoms with Crippen LogP contribution in [0, 0.1) is 11.6 Å². The fourth-order valence-corrected chi connectivity index (χ4v) is 1.73. The summed E-state index contributed by atoms with van der Waals surface area (Å²) in [6.45, 7) is 0. The van der Waals surface area contributed by atoms with E-state index in [9.17, 15) is 13.6 Å². The second-order valence-electron chi connectivity index (χ2n) is 3.54. The number of carboxylic acids is 1. The number of methoxy groups -OCH3 is 1. The van der Waals surface area contributed by atoms with Crippen molar-refractivity contribution in [1.29, 1.82) is 0 Å². The van der Waals surface area contributed by atoms with Crippen molar-refractivity contribution in [2.45, 2.75) is 0 Å². The molecular formula is C11H7ClF2N2O3. The van der Waals surface area contributed by atoms with Gasteiger partial charge in [-0.2, -0.15) is 9.49 Å². The maximum atomic E-state index is 13.6. The maximum absolute atomic E-state index is 13.6. The summed E-state index contributed by atoms with van der Waals surface area (Å²) < 4.78 is 31.7. The Morgan fingerprint density at radius 2 is 2.11 bits per heavy atom. The van der Waals surface area contributed by atoms with Crippen molar-refractivity contribution < 1.29 is 23.4 Å². The Morgan fingerprint density at radius 3 is 2.63 bits per heavy atom. The Bertz CT molecular complexity index is 658. The molecule has 0 bridgehead atoms. The van der Waals surface area contributed by atoms with Gasteiger partial charge in [0, 0.05) is 5.56 Å². The molecule has 1 aromatic carbocycles. The van der Waals surface area contributed by atoms with Crippen LogP contribution in [0.1, 0.15) is 10.5 Å². The lowest BCUT2D eigenvalue weighted by Gasteiger charge is -2.09. The van der Waals surface area contributed by atoms with Crippen molar-refractivity contribution in [3.63, 3.8) is 0 Å². The number of aromatic amines is 1. The molecule has 1 aromatic heterocycles.